The second-order valence-corrected chi connectivity index (χ2v) is 4.77. The number of aliphatic carboxylic acids is 1. The van der Waals surface area contributed by atoms with E-state index < -0.39 is 5.97 Å². The normalized spacial score (nSPS) is 21.5. The van der Waals surface area contributed by atoms with Crippen molar-refractivity contribution in [3.05, 3.63) is 35.9 Å². The lowest BCUT2D eigenvalue weighted by Crippen LogP contribution is -2.50. The Hall–Kier alpha value is -1.88. The summed E-state index contributed by atoms with van der Waals surface area (Å²) < 4.78 is 0. The van der Waals surface area contributed by atoms with Crippen LogP contribution in [0.3, 0.4) is 0 Å². The molecule has 1 aromatic carbocycles. The van der Waals surface area contributed by atoms with E-state index in [2.05, 4.69) is 10.6 Å². The van der Waals surface area contributed by atoms with Crippen LogP contribution < -0.4 is 10.6 Å². The third-order valence-corrected chi connectivity index (χ3v) is 3.45. The fourth-order valence-corrected chi connectivity index (χ4v) is 2.12. The summed E-state index contributed by atoms with van der Waals surface area (Å²) in [4.78, 5) is 22.4. The lowest BCUT2D eigenvalue weighted by molar-refractivity contribution is -0.146. The first-order valence-corrected chi connectivity index (χ1v) is 6.43. The molecule has 2 unspecified atom stereocenters. The molecule has 1 saturated carbocycles. The van der Waals surface area contributed by atoms with Crippen molar-refractivity contribution >= 4 is 11.9 Å². The molecule has 1 aliphatic rings. The van der Waals surface area contributed by atoms with E-state index in [0.717, 1.165) is 12.0 Å². The molecule has 0 aliphatic heterocycles. The van der Waals surface area contributed by atoms with Crippen molar-refractivity contribution in [1.82, 2.24) is 10.6 Å². The molecule has 0 heterocycles. The molecule has 3 N–H and O–H groups in total. The number of carboxylic acid groups (broad SMARTS) is 1. The largest absolute Gasteiger partial charge is 0.481 e. The predicted molar refractivity (Wildman–Crippen MR) is 70.4 cm³/mol. The van der Waals surface area contributed by atoms with Gasteiger partial charge in [-0.3, -0.25) is 9.59 Å². The summed E-state index contributed by atoms with van der Waals surface area (Å²) in [5.41, 5.74) is 1.04. The lowest BCUT2D eigenvalue weighted by Gasteiger charge is -2.33. The molecule has 5 heteroatoms. The first kappa shape index (κ1) is 13.5. The van der Waals surface area contributed by atoms with Crippen molar-refractivity contribution in [2.24, 2.45) is 5.92 Å². The van der Waals surface area contributed by atoms with Crippen LogP contribution in [0.25, 0.3) is 0 Å². The van der Waals surface area contributed by atoms with Gasteiger partial charge in [0.05, 0.1) is 12.5 Å². The van der Waals surface area contributed by atoms with E-state index in [4.69, 9.17) is 5.11 Å². The van der Waals surface area contributed by atoms with Gasteiger partial charge in [-0.2, -0.15) is 0 Å². The molecule has 0 bridgehead atoms. The zero-order chi connectivity index (χ0) is 13.7. The van der Waals surface area contributed by atoms with E-state index >= 15 is 0 Å². The number of benzene rings is 1. The Morgan fingerprint density at radius 2 is 1.95 bits per heavy atom. The van der Waals surface area contributed by atoms with Crippen LogP contribution in [-0.4, -0.2) is 29.6 Å². The standard InChI is InChI=1S/C14H18N2O3/c17-13(16-8-10-4-2-1-3-5-10)9-15-12-7-6-11(12)14(18)19/h1-5,11-12,15H,6-9H2,(H,16,17)(H,18,19). The zero-order valence-corrected chi connectivity index (χ0v) is 10.6. The quantitative estimate of drug-likeness (QED) is 0.707. The predicted octanol–water partition coefficient (Wildman–Crippen LogP) is 0.756. The number of hydrogen-bond acceptors (Lipinski definition) is 3. The minimum atomic E-state index is -0.784. The van der Waals surface area contributed by atoms with Crippen LogP contribution in [0.5, 0.6) is 0 Å². The maximum Gasteiger partial charge on any atom is 0.308 e. The van der Waals surface area contributed by atoms with Crippen LogP contribution in [0.4, 0.5) is 0 Å². The molecule has 2 rings (SSSR count). The maximum atomic E-state index is 11.6. The number of carboxylic acids is 1. The van der Waals surface area contributed by atoms with Gasteiger partial charge in [-0.1, -0.05) is 30.3 Å². The number of amides is 1. The van der Waals surface area contributed by atoms with Crippen LogP contribution in [0.15, 0.2) is 30.3 Å². The van der Waals surface area contributed by atoms with Gasteiger partial charge in [0.2, 0.25) is 5.91 Å². The van der Waals surface area contributed by atoms with E-state index in [-0.39, 0.29) is 24.4 Å². The zero-order valence-electron chi connectivity index (χ0n) is 10.6. The Morgan fingerprint density at radius 3 is 2.53 bits per heavy atom. The van der Waals surface area contributed by atoms with E-state index in [1.54, 1.807) is 0 Å². The van der Waals surface area contributed by atoms with Crippen molar-refractivity contribution < 1.29 is 14.7 Å². The fourth-order valence-electron chi connectivity index (χ4n) is 2.12. The van der Waals surface area contributed by atoms with Gasteiger partial charge >= 0.3 is 5.97 Å². The molecule has 1 amide bonds. The van der Waals surface area contributed by atoms with Gasteiger partial charge in [0.25, 0.3) is 0 Å². The monoisotopic (exact) mass is 262 g/mol. The fraction of sp³-hybridized carbons (Fsp3) is 0.429. The molecule has 1 fully saturated rings. The second-order valence-electron chi connectivity index (χ2n) is 4.77. The van der Waals surface area contributed by atoms with Crippen molar-refractivity contribution in [1.29, 1.82) is 0 Å². The molecule has 5 nitrogen and oxygen atoms in total. The summed E-state index contributed by atoms with van der Waals surface area (Å²) in [5, 5.41) is 14.7. The Morgan fingerprint density at radius 1 is 1.21 bits per heavy atom. The number of hydrogen-bond donors (Lipinski definition) is 3. The van der Waals surface area contributed by atoms with Crippen molar-refractivity contribution in [2.75, 3.05) is 6.54 Å². The first-order chi connectivity index (χ1) is 9.16. The highest BCUT2D eigenvalue weighted by Gasteiger charge is 2.36. The Labute approximate surface area is 112 Å². The summed E-state index contributed by atoms with van der Waals surface area (Å²) in [5.74, 6) is -1.24. The van der Waals surface area contributed by atoms with Crippen molar-refractivity contribution in [3.8, 4) is 0 Å². The van der Waals surface area contributed by atoms with Gasteiger partial charge in [0, 0.05) is 12.6 Å². The minimum Gasteiger partial charge on any atom is -0.481 e. The van der Waals surface area contributed by atoms with Gasteiger partial charge in [0.1, 0.15) is 0 Å². The third-order valence-electron chi connectivity index (χ3n) is 3.45. The summed E-state index contributed by atoms with van der Waals surface area (Å²) in [6, 6.07) is 9.59. The number of rotatable bonds is 6. The van der Waals surface area contributed by atoms with Crippen LogP contribution in [0.1, 0.15) is 18.4 Å². The number of carbonyl (C=O) groups is 2. The number of nitrogens with one attached hydrogen (secondary N) is 2. The van der Waals surface area contributed by atoms with Gasteiger partial charge in [0.15, 0.2) is 0 Å². The maximum absolute atomic E-state index is 11.6. The first-order valence-electron chi connectivity index (χ1n) is 6.43. The Balaban J connectivity index is 1.66. The molecule has 19 heavy (non-hydrogen) atoms. The summed E-state index contributed by atoms with van der Waals surface area (Å²) in [7, 11) is 0. The topological polar surface area (TPSA) is 78.4 Å². The Kier molecular flexibility index (Phi) is 4.52. The molecule has 2 atom stereocenters. The second kappa shape index (κ2) is 6.33. The van der Waals surface area contributed by atoms with Crippen molar-refractivity contribution in [3.63, 3.8) is 0 Å². The number of carbonyl (C=O) groups excluding carboxylic acids is 1. The molecule has 0 radical (unpaired) electrons. The molecule has 1 aromatic rings. The average Bonchev–Trinajstić information content (AvgIpc) is 2.36. The van der Waals surface area contributed by atoms with Crippen LogP contribution >= 0.6 is 0 Å². The average molecular weight is 262 g/mol. The van der Waals surface area contributed by atoms with E-state index in [1.807, 2.05) is 30.3 Å². The Bertz CT molecular complexity index is 447. The van der Waals surface area contributed by atoms with Gasteiger partial charge in [-0.25, -0.2) is 0 Å². The smallest absolute Gasteiger partial charge is 0.308 e. The van der Waals surface area contributed by atoms with Gasteiger partial charge in [-0.05, 0) is 18.4 Å². The van der Waals surface area contributed by atoms with Crippen LogP contribution in [0.2, 0.25) is 0 Å². The van der Waals surface area contributed by atoms with Crippen LogP contribution in [-0.2, 0) is 16.1 Å². The molecule has 102 valence electrons. The minimum absolute atomic E-state index is 0.0695. The molecule has 0 saturated heterocycles. The van der Waals surface area contributed by atoms with Gasteiger partial charge in [-0.15, -0.1) is 0 Å². The highest BCUT2D eigenvalue weighted by molar-refractivity contribution is 5.78. The highest BCUT2D eigenvalue weighted by Crippen LogP contribution is 2.27. The van der Waals surface area contributed by atoms with Crippen molar-refractivity contribution in [2.45, 2.75) is 25.4 Å². The summed E-state index contributed by atoms with van der Waals surface area (Å²) >= 11 is 0. The molecule has 1 aliphatic carbocycles. The molecule has 0 spiro atoms. The van der Waals surface area contributed by atoms with E-state index in [0.29, 0.717) is 13.0 Å². The SMILES string of the molecule is O=C(CNC1CCC1C(=O)O)NCc1ccccc1. The molecular formula is C14H18N2O3. The third kappa shape index (κ3) is 3.79. The molecular weight excluding hydrogens is 244 g/mol. The summed E-state index contributed by atoms with van der Waals surface area (Å²) in [6.07, 6.45) is 1.52. The summed E-state index contributed by atoms with van der Waals surface area (Å²) in [6.45, 7) is 0.662. The van der Waals surface area contributed by atoms with E-state index in [1.165, 1.54) is 0 Å². The molecule has 0 aromatic heterocycles. The highest BCUT2D eigenvalue weighted by atomic mass is 16.4. The lowest BCUT2D eigenvalue weighted by atomic mass is 9.79. The van der Waals surface area contributed by atoms with Crippen LogP contribution in [0, 0.1) is 5.92 Å². The van der Waals surface area contributed by atoms with Gasteiger partial charge < -0.3 is 15.7 Å². The van der Waals surface area contributed by atoms with E-state index in [9.17, 15) is 9.59 Å².